The Hall–Kier alpha value is -3.31. The third kappa shape index (κ3) is 4.63. The molecule has 0 unspecified atom stereocenters. The van der Waals surface area contributed by atoms with Gasteiger partial charge in [0, 0.05) is 31.7 Å². The molecule has 8 heteroatoms. The summed E-state index contributed by atoms with van der Waals surface area (Å²) in [5, 5.41) is 6.68. The quantitative estimate of drug-likeness (QED) is 0.576. The summed E-state index contributed by atoms with van der Waals surface area (Å²) >= 11 is 0. The van der Waals surface area contributed by atoms with E-state index in [0.717, 1.165) is 50.2 Å². The number of hydrogen-bond donors (Lipinski definition) is 3. The van der Waals surface area contributed by atoms with Gasteiger partial charge in [0.05, 0.1) is 18.4 Å². The van der Waals surface area contributed by atoms with Crippen molar-refractivity contribution in [2.24, 2.45) is 11.7 Å². The molecule has 2 aromatic rings. The van der Waals surface area contributed by atoms with Gasteiger partial charge in [0.25, 0.3) is 5.91 Å². The van der Waals surface area contributed by atoms with Gasteiger partial charge in [-0.3, -0.25) is 4.79 Å². The van der Waals surface area contributed by atoms with E-state index in [1.54, 1.807) is 7.11 Å². The second kappa shape index (κ2) is 9.45. The Labute approximate surface area is 188 Å². The van der Waals surface area contributed by atoms with Crippen LogP contribution in [0.5, 0.6) is 5.75 Å². The smallest absolute Gasteiger partial charge is 0.254 e. The van der Waals surface area contributed by atoms with Crippen molar-refractivity contribution in [1.82, 2.24) is 14.9 Å². The van der Waals surface area contributed by atoms with Crippen LogP contribution in [0.25, 0.3) is 0 Å². The van der Waals surface area contributed by atoms with Gasteiger partial charge in [-0.25, -0.2) is 4.98 Å². The number of terminal acetylenes is 1. The number of aromatic nitrogens is 2. The predicted molar refractivity (Wildman–Crippen MR) is 125 cm³/mol. The summed E-state index contributed by atoms with van der Waals surface area (Å²) in [4.78, 5) is 23.2. The number of methoxy groups -OCH3 is 1. The van der Waals surface area contributed by atoms with Crippen molar-refractivity contribution in [3.63, 3.8) is 0 Å². The van der Waals surface area contributed by atoms with E-state index in [1.165, 1.54) is 17.3 Å². The molecule has 0 saturated heterocycles. The first-order valence-electron chi connectivity index (χ1n) is 11.0. The number of ether oxygens (including phenoxy) is 1. The van der Waals surface area contributed by atoms with Gasteiger partial charge < -0.3 is 26.0 Å². The summed E-state index contributed by atoms with van der Waals surface area (Å²) in [7, 11) is 3.76. The van der Waals surface area contributed by atoms with E-state index in [2.05, 4.69) is 50.6 Å². The van der Waals surface area contributed by atoms with Crippen LogP contribution in [-0.2, 0) is 13.0 Å². The molecule has 1 fully saturated rings. The van der Waals surface area contributed by atoms with Gasteiger partial charge in [0.15, 0.2) is 0 Å². The van der Waals surface area contributed by atoms with Crippen LogP contribution in [0.2, 0.25) is 0 Å². The van der Waals surface area contributed by atoms with Gasteiger partial charge in [0.1, 0.15) is 11.6 Å². The number of nitrogens with two attached hydrogens (primary N) is 1. The Bertz CT molecular complexity index is 1050. The minimum atomic E-state index is -0.569. The zero-order chi connectivity index (χ0) is 22.7. The maximum atomic E-state index is 12.0. The summed E-state index contributed by atoms with van der Waals surface area (Å²) in [6, 6.07) is 4.31. The number of likely N-dealkylation sites (N-methyl/N-ethyl adjacent to an activating group) is 1. The van der Waals surface area contributed by atoms with Crippen LogP contribution in [0.15, 0.2) is 18.3 Å². The standard InChI is InChI=1S/C24H30N6O2/c1-4-6-15-7-5-8-19(15)27-23-18(22(25)31)13-26-24(29-23)28-20-11-17-14-30(2)10-9-16(17)12-21(20)32-3/h1,11-13,15,19H,5-10,14H2,2-3H3,(H2,25,31)(H2,26,27,28,29)/t15-,19+/m0/s1. The van der Waals surface area contributed by atoms with E-state index in [0.29, 0.717) is 24.1 Å². The van der Waals surface area contributed by atoms with Crippen LogP contribution in [0.4, 0.5) is 17.5 Å². The zero-order valence-corrected chi connectivity index (χ0v) is 18.6. The van der Waals surface area contributed by atoms with E-state index >= 15 is 0 Å². The van der Waals surface area contributed by atoms with Crippen LogP contribution >= 0.6 is 0 Å². The molecule has 1 aliphatic heterocycles. The number of hydrogen-bond acceptors (Lipinski definition) is 7. The zero-order valence-electron chi connectivity index (χ0n) is 18.6. The van der Waals surface area contributed by atoms with Crippen LogP contribution < -0.4 is 21.1 Å². The average molecular weight is 435 g/mol. The molecule has 1 aliphatic carbocycles. The first-order valence-corrected chi connectivity index (χ1v) is 11.0. The lowest BCUT2D eigenvalue weighted by molar-refractivity contribution is 0.100. The maximum absolute atomic E-state index is 12.0. The number of carbonyl (C=O) groups excluding carboxylic acids is 1. The fourth-order valence-corrected chi connectivity index (χ4v) is 4.65. The Morgan fingerprint density at radius 2 is 2.22 bits per heavy atom. The first kappa shape index (κ1) is 21.9. The Balaban J connectivity index is 1.62. The molecule has 1 amide bonds. The van der Waals surface area contributed by atoms with Crippen molar-refractivity contribution in [1.29, 1.82) is 0 Å². The molecule has 1 saturated carbocycles. The van der Waals surface area contributed by atoms with Crippen molar-refractivity contribution >= 4 is 23.4 Å². The van der Waals surface area contributed by atoms with Gasteiger partial charge >= 0.3 is 0 Å². The Kier molecular flexibility index (Phi) is 6.47. The number of rotatable bonds is 7. The largest absolute Gasteiger partial charge is 0.495 e. The molecule has 32 heavy (non-hydrogen) atoms. The molecule has 8 nitrogen and oxygen atoms in total. The number of anilines is 3. The van der Waals surface area contributed by atoms with Crippen LogP contribution in [0, 0.1) is 18.3 Å². The molecule has 4 N–H and O–H groups in total. The van der Waals surface area contributed by atoms with Crippen LogP contribution in [-0.4, -0.2) is 47.5 Å². The Morgan fingerprint density at radius 3 is 2.97 bits per heavy atom. The average Bonchev–Trinajstić information content (AvgIpc) is 3.20. The van der Waals surface area contributed by atoms with Crippen LogP contribution in [0.1, 0.15) is 47.2 Å². The second-order valence-electron chi connectivity index (χ2n) is 8.60. The van der Waals surface area contributed by atoms with Crippen molar-refractivity contribution in [2.75, 3.05) is 31.3 Å². The Morgan fingerprint density at radius 1 is 1.38 bits per heavy atom. The van der Waals surface area contributed by atoms with Crippen LogP contribution in [0.3, 0.4) is 0 Å². The van der Waals surface area contributed by atoms with Crippen molar-refractivity contribution in [3.8, 4) is 18.1 Å². The highest BCUT2D eigenvalue weighted by atomic mass is 16.5. The van der Waals surface area contributed by atoms with Crippen molar-refractivity contribution in [2.45, 2.75) is 44.7 Å². The second-order valence-corrected chi connectivity index (χ2v) is 8.60. The summed E-state index contributed by atoms with van der Waals surface area (Å²) in [5.74, 6) is 4.07. The highest BCUT2D eigenvalue weighted by molar-refractivity contribution is 5.97. The summed E-state index contributed by atoms with van der Waals surface area (Å²) in [5.41, 5.74) is 9.17. The minimum Gasteiger partial charge on any atom is -0.495 e. The molecule has 168 valence electrons. The lowest BCUT2D eigenvalue weighted by atomic mass is 9.99. The third-order valence-corrected chi connectivity index (χ3v) is 6.39. The topological polar surface area (TPSA) is 105 Å². The van der Waals surface area contributed by atoms with E-state index in [-0.39, 0.29) is 11.6 Å². The fourth-order valence-electron chi connectivity index (χ4n) is 4.65. The van der Waals surface area contributed by atoms with Crippen molar-refractivity contribution < 1.29 is 9.53 Å². The molecule has 0 radical (unpaired) electrons. The van der Waals surface area contributed by atoms with E-state index in [1.807, 2.05) is 0 Å². The van der Waals surface area contributed by atoms with E-state index < -0.39 is 5.91 Å². The normalized spacial score (nSPS) is 20.3. The van der Waals surface area contributed by atoms with Gasteiger partial charge in [-0.2, -0.15) is 4.98 Å². The van der Waals surface area contributed by atoms with Gasteiger partial charge in [0.2, 0.25) is 5.95 Å². The number of fused-ring (bicyclic) bond motifs is 1. The van der Waals surface area contributed by atoms with Gasteiger partial charge in [-0.1, -0.05) is 6.42 Å². The SMILES string of the molecule is C#CC[C@H]1CCC[C@H]1Nc1nc(Nc2cc3c(cc2OC)CCN(C)C3)ncc1C(N)=O. The first-order chi connectivity index (χ1) is 15.5. The monoisotopic (exact) mass is 434 g/mol. The number of carbonyl (C=O) groups is 1. The lowest BCUT2D eigenvalue weighted by Gasteiger charge is -2.26. The highest BCUT2D eigenvalue weighted by Crippen LogP contribution is 2.34. The predicted octanol–water partition coefficient (Wildman–Crippen LogP) is 2.92. The van der Waals surface area contributed by atoms with Gasteiger partial charge in [-0.05, 0) is 55.5 Å². The molecule has 2 aliphatic rings. The summed E-state index contributed by atoms with van der Waals surface area (Å²) in [6.45, 7) is 1.90. The highest BCUT2D eigenvalue weighted by Gasteiger charge is 2.28. The molecule has 1 aromatic heterocycles. The molecule has 1 aromatic carbocycles. The van der Waals surface area contributed by atoms with Gasteiger partial charge in [-0.15, -0.1) is 12.3 Å². The number of benzene rings is 1. The van der Waals surface area contributed by atoms with E-state index in [9.17, 15) is 4.79 Å². The molecular weight excluding hydrogens is 404 g/mol. The number of nitrogens with zero attached hydrogens (tertiary/aromatic N) is 3. The molecule has 4 rings (SSSR count). The molecule has 2 heterocycles. The molecule has 0 bridgehead atoms. The maximum Gasteiger partial charge on any atom is 0.254 e. The molecule has 0 spiro atoms. The summed E-state index contributed by atoms with van der Waals surface area (Å²) < 4.78 is 5.61. The third-order valence-electron chi connectivity index (χ3n) is 6.39. The fraction of sp³-hybridized carbons (Fsp3) is 0.458. The molecule has 2 atom stereocenters. The number of primary amides is 1. The summed E-state index contributed by atoms with van der Waals surface area (Å²) in [6.07, 6.45) is 11.8. The molecular formula is C24H30N6O2. The van der Waals surface area contributed by atoms with E-state index in [4.69, 9.17) is 16.9 Å². The number of amides is 1. The lowest BCUT2D eigenvalue weighted by Crippen LogP contribution is -2.27. The van der Waals surface area contributed by atoms with Crippen molar-refractivity contribution in [3.05, 3.63) is 35.0 Å². The minimum absolute atomic E-state index is 0.153. The number of nitrogens with one attached hydrogen (secondary N) is 2.